The summed E-state index contributed by atoms with van der Waals surface area (Å²) in [6.45, 7) is 2.41. The lowest BCUT2D eigenvalue weighted by atomic mass is 10.1. The van der Waals surface area contributed by atoms with Gasteiger partial charge in [-0.2, -0.15) is 0 Å². The van der Waals surface area contributed by atoms with Gasteiger partial charge in [-0.1, -0.05) is 0 Å². The Morgan fingerprint density at radius 1 is 1.29 bits per heavy atom. The Hall–Kier alpha value is -2.60. The van der Waals surface area contributed by atoms with Crippen LogP contribution < -0.4 is 10.1 Å². The Labute approximate surface area is 144 Å². The number of amides is 1. The molecule has 0 aliphatic carbocycles. The standard InChI is InChI=1S/C18H18N2O3S/c1-12-18(13-5-7-14(22-2)8-6-13)20-17(24-12)10-16(21)19-11-15-4-3-9-23-15/h3-9H,10-11H2,1-2H3,(H,19,21). The highest BCUT2D eigenvalue weighted by molar-refractivity contribution is 7.12. The number of carbonyl (C=O) groups is 1. The minimum Gasteiger partial charge on any atom is -0.497 e. The van der Waals surface area contributed by atoms with Gasteiger partial charge in [0, 0.05) is 10.4 Å². The third-order valence-corrected chi connectivity index (χ3v) is 4.53. The number of benzene rings is 1. The largest absolute Gasteiger partial charge is 0.497 e. The maximum atomic E-state index is 12.0. The lowest BCUT2D eigenvalue weighted by Crippen LogP contribution is -2.24. The Morgan fingerprint density at radius 2 is 2.08 bits per heavy atom. The second-order valence-electron chi connectivity index (χ2n) is 5.27. The quantitative estimate of drug-likeness (QED) is 0.744. The van der Waals surface area contributed by atoms with Gasteiger partial charge in [0.2, 0.25) is 5.91 Å². The first-order valence-electron chi connectivity index (χ1n) is 7.55. The number of rotatable bonds is 6. The van der Waals surface area contributed by atoms with E-state index in [1.54, 1.807) is 30.8 Å². The highest BCUT2D eigenvalue weighted by Gasteiger charge is 2.13. The van der Waals surface area contributed by atoms with Crippen molar-refractivity contribution in [3.8, 4) is 17.0 Å². The van der Waals surface area contributed by atoms with E-state index < -0.39 is 0 Å². The number of ether oxygens (including phenoxy) is 1. The van der Waals surface area contributed by atoms with Crippen molar-refractivity contribution in [3.63, 3.8) is 0 Å². The van der Waals surface area contributed by atoms with Gasteiger partial charge in [0.25, 0.3) is 0 Å². The van der Waals surface area contributed by atoms with E-state index in [2.05, 4.69) is 10.3 Å². The van der Waals surface area contributed by atoms with Crippen molar-refractivity contribution in [1.82, 2.24) is 10.3 Å². The Balaban J connectivity index is 1.65. The van der Waals surface area contributed by atoms with Crippen LogP contribution in [0.1, 0.15) is 15.6 Å². The van der Waals surface area contributed by atoms with Crippen LogP contribution in [0, 0.1) is 6.92 Å². The maximum Gasteiger partial charge on any atom is 0.227 e. The fraction of sp³-hybridized carbons (Fsp3) is 0.222. The average molecular weight is 342 g/mol. The molecular formula is C18H18N2O3S. The van der Waals surface area contributed by atoms with Crippen LogP contribution in [0.3, 0.4) is 0 Å². The van der Waals surface area contributed by atoms with Gasteiger partial charge in [-0.25, -0.2) is 4.98 Å². The molecule has 0 unspecified atom stereocenters. The molecule has 1 N–H and O–H groups in total. The van der Waals surface area contributed by atoms with Crippen LogP contribution in [0.25, 0.3) is 11.3 Å². The number of nitrogens with zero attached hydrogens (tertiary/aromatic N) is 1. The lowest BCUT2D eigenvalue weighted by molar-refractivity contribution is -0.120. The summed E-state index contributed by atoms with van der Waals surface area (Å²) in [7, 11) is 1.64. The number of furan rings is 1. The molecule has 2 heterocycles. The van der Waals surface area contributed by atoms with E-state index in [0.29, 0.717) is 6.54 Å². The fourth-order valence-corrected chi connectivity index (χ4v) is 3.30. The molecule has 3 aromatic rings. The number of aromatic nitrogens is 1. The first kappa shape index (κ1) is 16.3. The van der Waals surface area contributed by atoms with Crippen molar-refractivity contribution in [2.75, 3.05) is 7.11 Å². The first-order valence-corrected chi connectivity index (χ1v) is 8.37. The Kier molecular flexibility index (Phi) is 4.96. The van der Waals surface area contributed by atoms with Crippen LogP contribution in [0.4, 0.5) is 0 Å². The summed E-state index contributed by atoms with van der Waals surface area (Å²) in [5, 5.41) is 3.64. The topological polar surface area (TPSA) is 64.4 Å². The van der Waals surface area contributed by atoms with E-state index in [0.717, 1.165) is 32.7 Å². The molecule has 0 aliphatic heterocycles. The highest BCUT2D eigenvalue weighted by atomic mass is 32.1. The second kappa shape index (κ2) is 7.31. The summed E-state index contributed by atoms with van der Waals surface area (Å²) in [5.74, 6) is 1.48. The summed E-state index contributed by atoms with van der Waals surface area (Å²) in [5.41, 5.74) is 1.93. The van der Waals surface area contributed by atoms with E-state index in [4.69, 9.17) is 9.15 Å². The molecule has 3 rings (SSSR count). The van der Waals surface area contributed by atoms with Crippen LogP contribution in [-0.4, -0.2) is 18.0 Å². The van der Waals surface area contributed by atoms with Crippen molar-refractivity contribution in [2.45, 2.75) is 19.9 Å². The summed E-state index contributed by atoms with van der Waals surface area (Å²) >= 11 is 1.54. The number of hydrogen-bond acceptors (Lipinski definition) is 5. The zero-order valence-electron chi connectivity index (χ0n) is 13.5. The van der Waals surface area contributed by atoms with E-state index in [1.165, 1.54) is 0 Å². The molecule has 0 saturated carbocycles. The van der Waals surface area contributed by atoms with Crippen LogP contribution in [0.5, 0.6) is 5.75 Å². The van der Waals surface area contributed by atoms with E-state index in [9.17, 15) is 4.79 Å². The van der Waals surface area contributed by atoms with Crippen molar-refractivity contribution in [1.29, 1.82) is 0 Å². The SMILES string of the molecule is COc1ccc(-c2nc(CC(=O)NCc3ccco3)sc2C)cc1. The molecule has 0 atom stereocenters. The van der Waals surface area contributed by atoms with Gasteiger partial charge < -0.3 is 14.5 Å². The zero-order chi connectivity index (χ0) is 16.9. The van der Waals surface area contributed by atoms with Crippen molar-refractivity contribution in [2.24, 2.45) is 0 Å². The van der Waals surface area contributed by atoms with Crippen molar-refractivity contribution in [3.05, 3.63) is 58.3 Å². The summed E-state index contributed by atoms with van der Waals surface area (Å²) < 4.78 is 10.4. The van der Waals surface area contributed by atoms with Gasteiger partial charge in [-0.3, -0.25) is 4.79 Å². The smallest absolute Gasteiger partial charge is 0.227 e. The average Bonchev–Trinajstić information content (AvgIpc) is 3.23. The number of thiazole rings is 1. The third kappa shape index (κ3) is 3.83. The molecular weight excluding hydrogens is 324 g/mol. The Bertz CT molecular complexity index is 807. The summed E-state index contributed by atoms with van der Waals surface area (Å²) in [6, 6.07) is 11.4. The predicted molar refractivity (Wildman–Crippen MR) is 93.1 cm³/mol. The maximum absolute atomic E-state index is 12.0. The first-order chi connectivity index (χ1) is 11.7. The van der Waals surface area contributed by atoms with Crippen molar-refractivity contribution < 1.29 is 13.9 Å². The fourth-order valence-electron chi connectivity index (χ4n) is 2.34. The van der Waals surface area contributed by atoms with Gasteiger partial charge in [-0.05, 0) is 43.3 Å². The third-order valence-electron chi connectivity index (χ3n) is 3.56. The molecule has 2 aromatic heterocycles. The van der Waals surface area contributed by atoms with Crippen LogP contribution in [0.2, 0.25) is 0 Å². The molecule has 0 fully saturated rings. The van der Waals surface area contributed by atoms with E-state index in [-0.39, 0.29) is 12.3 Å². The summed E-state index contributed by atoms with van der Waals surface area (Å²) in [6.07, 6.45) is 1.86. The molecule has 0 spiro atoms. The minimum atomic E-state index is -0.0681. The number of methoxy groups -OCH3 is 1. The molecule has 1 amide bonds. The predicted octanol–water partition coefficient (Wildman–Crippen LogP) is 3.58. The van der Waals surface area contributed by atoms with Crippen LogP contribution >= 0.6 is 11.3 Å². The van der Waals surface area contributed by atoms with Crippen LogP contribution in [0.15, 0.2) is 47.1 Å². The zero-order valence-corrected chi connectivity index (χ0v) is 14.4. The van der Waals surface area contributed by atoms with E-state index in [1.807, 2.05) is 37.3 Å². The normalized spacial score (nSPS) is 10.6. The molecule has 5 nitrogen and oxygen atoms in total. The van der Waals surface area contributed by atoms with Crippen molar-refractivity contribution >= 4 is 17.2 Å². The highest BCUT2D eigenvalue weighted by Crippen LogP contribution is 2.29. The molecule has 0 bridgehead atoms. The number of aryl methyl sites for hydroxylation is 1. The Morgan fingerprint density at radius 3 is 2.75 bits per heavy atom. The molecule has 124 valence electrons. The molecule has 0 saturated heterocycles. The van der Waals surface area contributed by atoms with Gasteiger partial charge >= 0.3 is 0 Å². The molecule has 6 heteroatoms. The molecule has 24 heavy (non-hydrogen) atoms. The van der Waals surface area contributed by atoms with Gasteiger partial charge in [-0.15, -0.1) is 11.3 Å². The van der Waals surface area contributed by atoms with Crippen LogP contribution in [-0.2, 0) is 17.8 Å². The number of hydrogen-bond donors (Lipinski definition) is 1. The monoisotopic (exact) mass is 342 g/mol. The van der Waals surface area contributed by atoms with Gasteiger partial charge in [0.15, 0.2) is 0 Å². The molecule has 0 radical (unpaired) electrons. The lowest BCUT2D eigenvalue weighted by Gasteiger charge is -2.02. The van der Waals surface area contributed by atoms with Gasteiger partial charge in [0.05, 0.1) is 32.0 Å². The minimum absolute atomic E-state index is 0.0681. The number of nitrogens with one attached hydrogen (secondary N) is 1. The van der Waals surface area contributed by atoms with Gasteiger partial charge in [0.1, 0.15) is 16.5 Å². The number of carbonyl (C=O) groups excluding carboxylic acids is 1. The second-order valence-corrected chi connectivity index (χ2v) is 6.56. The molecule has 0 aliphatic rings. The van der Waals surface area contributed by atoms with E-state index >= 15 is 0 Å². The molecule has 1 aromatic carbocycles. The summed E-state index contributed by atoms with van der Waals surface area (Å²) in [4.78, 5) is 17.8.